The van der Waals surface area contributed by atoms with E-state index >= 15 is 0 Å². The summed E-state index contributed by atoms with van der Waals surface area (Å²) in [6.07, 6.45) is -0.353. The lowest BCUT2D eigenvalue weighted by Crippen LogP contribution is -2.22. The topological polar surface area (TPSA) is 60.7 Å². The summed E-state index contributed by atoms with van der Waals surface area (Å²) in [4.78, 5) is 0. The Morgan fingerprint density at radius 3 is 2.22 bits per heavy atom. The van der Waals surface area contributed by atoms with E-state index in [1.807, 2.05) is 0 Å². The Morgan fingerprint density at radius 1 is 1.33 bits per heavy atom. The van der Waals surface area contributed by atoms with E-state index in [1.165, 1.54) is 6.92 Å². The van der Waals surface area contributed by atoms with Gasteiger partial charge in [0.1, 0.15) is 0 Å². The van der Waals surface area contributed by atoms with Crippen molar-refractivity contribution in [3.05, 3.63) is 0 Å². The van der Waals surface area contributed by atoms with Gasteiger partial charge in [0.25, 0.3) is 0 Å². The molecule has 0 radical (unpaired) electrons. The minimum atomic E-state index is -0.684. The van der Waals surface area contributed by atoms with Gasteiger partial charge in [0.2, 0.25) is 0 Å². The van der Waals surface area contributed by atoms with Crippen molar-refractivity contribution in [2.45, 2.75) is 32.0 Å². The first kappa shape index (κ1) is 8.88. The van der Waals surface area contributed by atoms with Gasteiger partial charge < -0.3 is 15.3 Å². The van der Waals surface area contributed by atoms with Crippen LogP contribution in [-0.2, 0) is 0 Å². The summed E-state index contributed by atoms with van der Waals surface area (Å²) in [6, 6.07) is 0. The van der Waals surface area contributed by atoms with Crippen molar-refractivity contribution in [1.29, 1.82) is 0 Å². The average Bonchev–Trinajstić information content (AvgIpc) is 1.82. The molecular weight excluding hydrogens is 120 g/mol. The van der Waals surface area contributed by atoms with Gasteiger partial charge in [0.05, 0.1) is 12.2 Å². The zero-order chi connectivity index (χ0) is 7.28. The highest BCUT2D eigenvalue weighted by Gasteiger charge is 2.08. The fraction of sp³-hybridized carbons (Fsp3) is 1.00. The van der Waals surface area contributed by atoms with Crippen LogP contribution in [-0.4, -0.2) is 34.1 Å². The quantitative estimate of drug-likeness (QED) is 0.486. The maximum absolute atomic E-state index is 8.90. The molecule has 0 aromatic carbocycles. The van der Waals surface area contributed by atoms with Crippen LogP contribution in [0.5, 0.6) is 0 Å². The van der Waals surface area contributed by atoms with Gasteiger partial charge in [0.15, 0.2) is 0 Å². The molecule has 0 amide bonds. The largest absolute Gasteiger partial charge is 0.396 e. The molecule has 9 heavy (non-hydrogen) atoms. The van der Waals surface area contributed by atoms with Crippen LogP contribution in [0, 0.1) is 0 Å². The Hall–Kier alpha value is -0.120. The molecule has 0 rings (SSSR count). The Labute approximate surface area is 54.9 Å². The van der Waals surface area contributed by atoms with E-state index in [0.717, 1.165) is 0 Å². The molecule has 2 unspecified atom stereocenters. The van der Waals surface area contributed by atoms with Gasteiger partial charge in [-0.3, -0.25) is 0 Å². The molecule has 0 bridgehead atoms. The molecule has 0 saturated carbocycles. The summed E-state index contributed by atoms with van der Waals surface area (Å²) in [6.45, 7) is 1.60. The summed E-state index contributed by atoms with van der Waals surface area (Å²) in [7, 11) is 0. The van der Waals surface area contributed by atoms with Crippen LogP contribution < -0.4 is 0 Å². The van der Waals surface area contributed by atoms with Crippen LogP contribution in [0.1, 0.15) is 19.8 Å². The molecule has 0 heterocycles. The summed E-state index contributed by atoms with van der Waals surface area (Å²) in [5, 5.41) is 25.9. The van der Waals surface area contributed by atoms with E-state index < -0.39 is 12.2 Å². The van der Waals surface area contributed by atoms with Gasteiger partial charge in [-0.15, -0.1) is 0 Å². The summed E-state index contributed by atoms with van der Waals surface area (Å²) >= 11 is 0. The van der Waals surface area contributed by atoms with Gasteiger partial charge in [-0.05, 0) is 19.8 Å². The molecule has 3 N–H and O–H groups in total. The number of aliphatic hydroxyl groups is 3. The second-order valence-electron chi connectivity index (χ2n) is 2.17. The number of hydrogen-bond donors (Lipinski definition) is 3. The van der Waals surface area contributed by atoms with Crippen molar-refractivity contribution in [3.63, 3.8) is 0 Å². The van der Waals surface area contributed by atoms with E-state index in [1.54, 1.807) is 0 Å². The third-order valence-corrected chi connectivity index (χ3v) is 1.21. The first-order chi connectivity index (χ1) is 4.18. The lowest BCUT2D eigenvalue weighted by molar-refractivity contribution is 0.0224. The fourth-order valence-electron chi connectivity index (χ4n) is 0.542. The summed E-state index contributed by atoms with van der Waals surface area (Å²) in [5.74, 6) is 0. The number of rotatable bonds is 4. The van der Waals surface area contributed by atoms with Gasteiger partial charge in [-0.25, -0.2) is 0 Å². The van der Waals surface area contributed by atoms with Crippen molar-refractivity contribution in [1.82, 2.24) is 0 Å². The van der Waals surface area contributed by atoms with Gasteiger partial charge in [0, 0.05) is 6.61 Å². The first-order valence-corrected chi connectivity index (χ1v) is 3.15. The molecule has 0 fully saturated rings. The highest BCUT2D eigenvalue weighted by molar-refractivity contribution is 4.60. The number of aliphatic hydroxyl groups excluding tert-OH is 3. The number of hydrogen-bond acceptors (Lipinski definition) is 3. The minimum absolute atomic E-state index is 0.0732. The molecule has 0 aromatic rings. The van der Waals surface area contributed by atoms with Crippen LogP contribution in [0.15, 0.2) is 0 Å². The molecule has 0 spiro atoms. The van der Waals surface area contributed by atoms with Crippen molar-refractivity contribution in [3.8, 4) is 0 Å². The normalized spacial score (nSPS) is 17.3. The SMILES string of the molecule is CC(O)C(O)CCCO. The second-order valence-corrected chi connectivity index (χ2v) is 2.17. The van der Waals surface area contributed by atoms with E-state index in [9.17, 15) is 0 Å². The molecule has 0 aliphatic rings. The van der Waals surface area contributed by atoms with Crippen LogP contribution in [0.4, 0.5) is 0 Å². The Morgan fingerprint density at radius 2 is 1.89 bits per heavy atom. The molecule has 3 nitrogen and oxygen atoms in total. The lowest BCUT2D eigenvalue weighted by Gasteiger charge is -2.11. The highest BCUT2D eigenvalue weighted by atomic mass is 16.3. The highest BCUT2D eigenvalue weighted by Crippen LogP contribution is 2.00. The van der Waals surface area contributed by atoms with Crippen molar-refractivity contribution in [2.24, 2.45) is 0 Å². The van der Waals surface area contributed by atoms with Gasteiger partial charge in [-0.2, -0.15) is 0 Å². The molecule has 3 heteroatoms. The average molecular weight is 134 g/mol. The van der Waals surface area contributed by atoms with Crippen LogP contribution in [0.25, 0.3) is 0 Å². The van der Waals surface area contributed by atoms with Crippen LogP contribution in [0.2, 0.25) is 0 Å². The van der Waals surface area contributed by atoms with Crippen molar-refractivity contribution in [2.75, 3.05) is 6.61 Å². The molecule has 0 aromatic heterocycles. The van der Waals surface area contributed by atoms with E-state index in [2.05, 4.69) is 0 Å². The van der Waals surface area contributed by atoms with Gasteiger partial charge in [-0.1, -0.05) is 0 Å². The minimum Gasteiger partial charge on any atom is -0.396 e. The van der Waals surface area contributed by atoms with E-state index in [-0.39, 0.29) is 6.61 Å². The molecule has 0 aliphatic heterocycles. The summed E-state index contributed by atoms with van der Waals surface area (Å²) < 4.78 is 0. The fourth-order valence-corrected chi connectivity index (χ4v) is 0.542. The maximum Gasteiger partial charge on any atom is 0.0797 e. The van der Waals surface area contributed by atoms with Crippen molar-refractivity contribution < 1.29 is 15.3 Å². The van der Waals surface area contributed by atoms with Crippen molar-refractivity contribution >= 4 is 0 Å². The van der Waals surface area contributed by atoms with E-state index in [0.29, 0.717) is 12.8 Å². The van der Waals surface area contributed by atoms with Gasteiger partial charge >= 0.3 is 0 Å². The zero-order valence-corrected chi connectivity index (χ0v) is 5.62. The predicted octanol–water partition coefficient (Wildman–Crippen LogP) is -0.499. The molecular formula is C6H14O3. The molecule has 2 atom stereocenters. The Balaban J connectivity index is 3.16. The monoisotopic (exact) mass is 134 g/mol. The predicted molar refractivity (Wildman–Crippen MR) is 34.0 cm³/mol. The van der Waals surface area contributed by atoms with Crippen LogP contribution >= 0.6 is 0 Å². The Bertz CT molecular complexity index is 63.3. The smallest absolute Gasteiger partial charge is 0.0797 e. The maximum atomic E-state index is 8.90. The van der Waals surface area contributed by atoms with E-state index in [4.69, 9.17) is 15.3 Å². The molecule has 0 saturated heterocycles. The summed E-state index contributed by atoms with van der Waals surface area (Å²) in [5.41, 5.74) is 0. The first-order valence-electron chi connectivity index (χ1n) is 3.15. The van der Waals surface area contributed by atoms with Crippen LogP contribution in [0.3, 0.4) is 0 Å². The molecule has 0 aliphatic carbocycles. The third kappa shape index (κ3) is 4.39. The second kappa shape index (κ2) is 4.73. The Kier molecular flexibility index (Phi) is 4.67. The zero-order valence-electron chi connectivity index (χ0n) is 5.62. The lowest BCUT2D eigenvalue weighted by atomic mass is 10.1. The third-order valence-electron chi connectivity index (χ3n) is 1.21. The molecule has 56 valence electrons. The standard InChI is InChI=1S/C6H14O3/c1-5(8)6(9)3-2-4-7/h5-9H,2-4H2,1H3.